The number of rotatable bonds is 1. The van der Waals surface area contributed by atoms with E-state index in [0.29, 0.717) is 0 Å². The van der Waals surface area contributed by atoms with E-state index in [2.05, 4.69) is 30.5 Å². The average Bonchev–Trinajstić information content (AvgIpc) is 2.46. The van der Waals surface area contributed by atoms with Gasteiger partial charge in [0.05, 0.1) is 11.9 Å². The first-order valence-electron chi connectivity index (χ1n) is 4.30. The maximum atomic E-state index is 4.24. The van der Waals surface area contributed by atoms with E-state index >= 15 is 0 Å². The fraction of sp³-hybridized carbons (Fsp3) is 0.200. The molecule has 2 rings (SSSR count). The summed E-state index contributed by atoms with van der Waals surface area (Å²) in [6.07, 6.45) is 5.45. The molecule has 0 aliphatic carbocycles. The van der Waals surface area contributed by atoms with E-state index < -0.39 is 0 Å². The molecule has 0 spiro atoms. The zero-order chi connectivity index (χ0) is 10.1. The van der Waals surface area contributed by atoms with Crippen molar-refractivity contribution in [3.8, 4) is 5.69 Å². The van der Waals surface area contributed by atoms with Crippen molar-refractivity contribution in [2.45, 2.75) is 13.8 Å². The monoisotopic (exact) mass is 251 g/mol. The van der Waals surface area contributed by atoms with Crippen LogP contribution in [-0.4, -0.2) is 14.5 Å². The topological polar surface area (TPSA) is 30.7 Å². The Bertz CT molecular complexity index is 443. The molecule has 0 fully saturated rings. The van der Waals surface area contributed by atoms with Crippen LogP contribution in [0.15, 0.2) is 29.1 Å². The molecule has 0 aliphatic rings. The highest BCUT2D eigenvalue weighted by Gasteiger charge is 2.05. The largest absolute Gasteiger partial charge is 0.300 e. The first-order chi connectivity index (χ1) is 6.68. The SMILES string of the molecule is Cc1cnc(C)n1-c1cncc(Br)c1. The van der Waals surface area contributed by atoms with Crippen molar-refractivity contribution in [1.29, 1.82) is 0 Å². The van der Waals surface area contributed by atoms with Crippen LogP contribution in [0.5, 0.6) is 0 Å². The molecule has 0 aliphatic heterocycles. The van der Waals surface area contributed by atoms with Gasteiger partial charge in [-0.3, -0.25) is 9.55 Å². The standard InChI is InChI=1S/C10H10BrN3/c1-7-4-13-8(2)14(7)10-3-9(11)5-12-6-10/h3-6H,1-2H3. The Kier molecular flexibility index (Phi) is 2.37. The van der Waals surface area contributed by atoms with Gasteiger partial charge in [-0.15, -0.1) is 0 Å². The van der Waals surface area contributed by atoms with Crippen LogP contribution in [0.25, 0.3) is 5.69 Å². The second kappa shape index (κ2) is 3.53. The van der Waals surface area contributed by atoms with Gasteiger partial charge in [-0.2, -0.15) is 0 Å². The van der Waals surface area contributed by atoms with Crippen LogP contribution in [0.3, 0.4) is 0 Å². The van der Waals surface area contributed by atoms with Crippen LogP contribution in [0.2, 0.25) is 0 Å². The maximum absolute atomic E-state index is 4.24. The van der Waals surface area contributed by atoms with E-state index in [1.54, 1.807) is 6.20 Å². The number of hydrogen-bond donors (Lipinski definition) is 0. The summed E-state index contributed by atoms with van der Waals surface area (Å²) in [5.41, 5.74) is 2.15. The number of halogens is 1. The van der Waals surface area contributed by atoms with Crippen LogP contribution in [-0.2, 0) is 0 Å². The molecule has 0 saturated carbocycles. The van der Waals surface area contributed by atoms with E-state index in [1.165, 1.54) is 0 Å². The zero-order valence-corrected chi connectivity index (χ0v) is 9.62. The highest BCUT2D eigenvalue weighted by Crippen LogP contribution is 2.16. The van der Waals surface area contributed by atoms with Gasteiger partial charge in [-0.1, -0.05) is 0 Å². The van der Waals surface area contributed by atoms with Crippen molar-refractivity contribution in [2.75, 3.05) is 0 Å². The molecule has 0 amide bonds. The van der Waals surface area contributed by atoms with Crippen molar-refractivity contribution in [1.82, 2.24) is 14.5 Å². The predicted molar refractivity (Wildman–Crippen MR) is 58.5 cm³/mol. The fourth-order valence-corrected chi connectivity index (χ4v) is 1.82. The highest BCUT2D eigenvalue weighted by atomic mass is 79.9. The molecule has 0 atom stereocenters. The molecule has 72 valence electrons. The molecule has 0 bridgehead atoms. The minimum absolute atomic E-state index is 0.974. The third-order valence-electron chi connectivity index (χ3n) is 2.06. The normalized spacial score (nSPS) is 10.5. The number of hydrogen-bond acceptors (Lipinski definition) is 2. The number of nitrogens with zero attached hydrogens (tertiary/aromatic N) is 3. The Balaban J connectivity index is 2.59. The quantitative estimate of drug-likeness (QED) is 0.781. The second-order valence-corrected chi connectivity index (χ2v) is 4.06. The minimum atomic E-state index is 0.974. The Morgan fingerprint density at radius 2 is 2.00 bits per heavy atom. The van der Waals surface area contributed by atoms with Crippen LogP contribution in [0.4, 0.5) is 0 Å². The predicted octanol–water partition coefficient (Wildman–Crippen LogP) is 2.65. The lowest BCUT2D eigenvalue weighted by Gasteiger charge is -2.06. The summed E-state index contributed by atoms with van der Waals surface area (Å²) < 4.78 is 3.04. The molecule has 0 radical (unpaired) electrons. The Morgan fingerprint density at radius 3 is 2.57 bits per heavy atom. The average molecular weight is 252 g/mol. The molecule has 4 heteroatoms. The second-order valence-electron chi connectivity index (χ2n) is 3.14. The summed E-state index contributed by atoms with van der Waals surface area (Å²) >= 11 is 3.40. The lowest BCUT2D eigenvalue weighted by atomic mass is 10.4. The van der Waals surface area contributed by atoms with Crippen LogP contribution < -0.4 is 0 Å². The molecule has 2 aromatic rings. The van der Waals surface area contributed by atoms with Gasteiger partial charge in [0.25, 0.3) is 0 Å². The van der Waals surface area contributed by atoms with Gasteiger partial charge in [0.15, 0.2) is 0 Å². The van der Waals surface area contributed by atoms with E-state index in [0.717, 1.165) is 21.7 Å². The van der Waals surface area contributed by atoms with Gasteiger partial charge < -0.3 is 0 Å². The third-order valence-corrected chi connectivity index (χ3v) is 2.50. The Labute approximate surface area is 90.9 Å². The summed E-state index contributed by atoms with van der Waals surface area (Å²) in [7, 11) is 0. The van der Waals surface area contributed by atoms with Crippen molar-refractivity contribution in [2.24, 2.45) is 0 Å². The van der Waals surface area contributed by atoms with Gasteiger partial charge in [0.1, 0.15) is 5.82 Å². The van der Waals surface area contributed by atoms with E-state index in [-0.39, 0.29) is 0 Å². The molecule has 0 saturated heterocycles. The summed E-state index contributed by atoms with van der Waals surface area (Å²) in [5, 5.41) is 0. The molecular weight excluding hydrogens is 242 g/mol. The Hall–Kier alpha value is -1.16. The smallest absolute Gasteiger partial charge is 0.110 e. The number of pyridine rings is 1. The van der Waals surface area contributed by atoms with Crippen LogP contribution in [0.1, 0.15) is 11.5 Å². The highest BCUT2D eigenvalue weighted by molar-refractivity contribution is 9.10. The minimum Gasteiger partial charge on any atom is -0.300 e. The first-order valence-corrected chi connectivity index (χ1v) is 5.09. The molecular formula is C10H10BrN3. The first kappa shape index (κ1) is 9.40. The summed E-state index contributed by atoms with van der Waals surface area (Å²) in [4.78, 5) is 8.37. The van der Waals surface area contributed by atoms with Crippen LogP contribution in [0, 0.1) is 13.8 Å². The fourth-order valence-electron chi connectivity index (χ4n) is 1.47. The van der Waals surface area contributed by atoms with Crippen molar-refractivity contribution in [3.63, 3.8) is 0 Å². The van der Waals surface area contributed by atoms with Gasteiger partial charge in [0, 0.05) is 22.6 Å². The third kappa shape index (κ3) is 1.57. The van der Waals surface area contributed by atoms with Gasteiger partial charge in [-0.05, 0) is 35.8 Å². The Morgan fingerprint density at radius 1 is 1.21 bits per heavy atom. The van der Waals surface area contributed by atoms with Crippen LogP contribution >= 0.6 is 15.9 Å². The van der Waals surface area contributed by atoms with Gasteiger partial charge in [-0.25, -0.2) is 4.98 Å². The molecule has 2 aromatic heterocycles. The summed E-state index contributed by atoms with van der Waals surface area (Å²) in [5.74, 6) is 0.974. The number of imidazole rings is 1. The van der Waals surface area contributed by atoms with Crippen molar-refractivity contribution >= 4 is 15.9 Å². The lowest BCUT2D eigenvalue weighted by molar-refractivity contribution is 0.931. The molecule has 14 heavy (non-hydrogen) atoms. The maximum Gasteiger partial charge on any atom is 0.110 e. The molecule has 3 nitrogen and oxygen atoms in total. The molecule has 2 heterocycles. The van der Waals surface area contributed by atoms with E-state index in [1.807, 2.05) is 32.3 Å². The van der Waals surface area contributed by atoms with Gasteiger partial charge >= 0.3 is 0 Å². The lowest BCUT2D eigenvalue weighted by Crippen LogP contribution is -1.99. The van der Waals surface area contributed by atoms with E-state index in [9.17, 15) is 0 Å². The number of aromatic nitrogens is 3. The van der Waals surface area contributed by atoms with Crippen molar-refractivity contribution < 1.29 is 0 Å². The molecule has 0 aromatic carbocycles. The van der Waals surface area contributed by atoms with E-state index in [4.69, 9.17) is 0 Å². The van der Waals surface area contributed by atoms with Gasteiger partial charge in [0.2, 0.25) is 0 Å². The summed E-state index contributed by atoms with van der Waals surface area (Å²) in [6, 6.07) is 2.02. The zero-order valence-electron chi connectivity index (χ0n) is 8.03. The van der Waals surface area contributed by atoms with Crippen molar-refractivity contribution in [3.05, 3.63) is 40.6 Å². The number of aryl methyl sites for hydroxylation is 2. The summed E-state index contributed by atoms with van der Waals surface area (Å²) in [6.45, 7) is 4.01. The molecule has 0 N–H and O–H groups in total. The molecule has 0 unspecified atom stereocenters.